The molecule has 2 heteroatoms. The van der Waals surface area contributed by atoms with Gasteiger partial charge in [0.05, 0.1) is 12.0 Å². The molecule has 0 amide bonds. The maximum Gasteiger partial charge on any atom is 0.308 e. The number of hydrogen-bond acceptors (Lipinski definition) is 2. The molecule has 25 heavy (non-hydrogen) atoms. The highest BCUT2D eigenvalue weighted by atomic mass is 16.5. The van der Waals surface area contributed by atoms with E-state index in [2.05, 4.69) is 6.92 Å². The molecule has 2 unspecified atom stereocenters. The first-order chi connectivity index (χ1) is 12.1. The number of esters is 1. The highest BCUT2D eigenvalue weighted by Gasteiger charge is 2.15. The van der Waals surface area contributed by atoms with Crippen LogP contribution in [0, 0.1) is 5.92 Å². The molecule has 150 valence electrons. The Morgan fingerprint density at radius 1 is 0.680 bits per heavy atom. The Balaban J connectivity index is 3.24. The van der Waals surface area contributed by atoms with Gasteiger partial charge >= 0.3 is 5.97 Å². The fourth-order valence-electron chi connectivity index (χ4n) is 3.17. The predicted octanol–water partition coefficient (Wildman–Crippen LogP) is 7.84. The van der Waals surface area contributed by atoms with Crippen molar-refractivity contribution in [2.75, 3.05) is 0 Å². The summed E-state index contributed by atoms with van der Waals surface area (Å²) in [6.45, 7) is 8.29. The Labute approximate surface area is 158 Å². The van der Waals surface area contributed by atoms with Gasteiger partial charge in [-0.3, -0.25) is 4.79 Å². The lowest BCUT2D eigenvalue weighted by molar-refractivity contribution is -0.153. The van der Waals surface area contributed by atoms with Crippen molar-refractivity contribution >= 4 is 5.97 Å². The molecule has 0 heterocycles. The second kappa shape index (κ2) is 18.3. The van der Waals surface area contributed by atoms with Crippen molar-refractivity contribution < 1.29 is 9.53 Å². The summed E-state index contributed by atoms with van der Waals surface area (Å²) >= 11 is 0. The predicted molar refractivity (Wildman–Crippen MR) is 110 cm³/mol. The van der Waals surface area contributed by atoms with Crippen molar-refractivity contribution in [3.8, 4) is 0 Å². The summed E-state index contributed by atoms with van der Waals surface area (Å²) in [4.78, 5) is 11.7. The Bertz CT molecular complexity index is 288. The highest BCUT2D eigenvalue weighted by molar-refractivity contribution is 5.72. The number of carbonyl (C=O) groups excluding carboxylic acids is 1. The number of carbonyl (C=O) groups is 1. The monoisotopic (exact) mass is 354 g/mol. The van der Waals surface area contributed by atoms with Crippen molar-refractivity contribution in [2.24, 2.45) is 5.92 Å². The van der Waals surface area contributed by atoms with E-state index in [4.69, 9.17) is 4.74 Å². The van der Waals surface area contributed by atoms with Crippen LogP contribution in [-0.2, 0) is 9.53 Å². The second-order valence-electron chi connectivity index (χ2n) is 7.94. The van der Waals surface area contributed by atoms with Crippen molar-refractivity contribution in [3.63, 3.8) is 0 Å². The minimum atomic E-state index is -0.0274. The zero-order valence-electron chi connectivity index (χ0n) is 17.8. The third-order valence-corrected chi connectivity index (χ3v) is 5.30. The first kappa shape index (κ1) is 24.5. The molecule has 0 saturated carbocycles. The van der Waals surface area contributed by atoms with E-state index in [1.165, 1.54) is 89.9 Å². The molecule has 0 aliphatic rings. The fourth-order valence-corrected chi connectivity index (χ4v) is 3.17. The third-order valence-electron chi connectivity index (χ3n) is 5.30. The molecular weight excluding hydrogens is 308 g/mol. The smallest absolute Gasteiger partial charge is 0.308 e. The molecule has 0 radical (unpaired) electrons. The molecule has 0 aromatic heterocycles. The van der Waals surface area contributed by atoms with Gasteiger partial charge in [0.2, 0.25) is 0 Å². The molecule has 2 atom stereocenters. The summed E-state index contributed by atoms with van der Waals surface area (Å²) in [7, 11) is 0. The largest absolute Gasteiger partial charge is 0.462 e. The van der Waals surface area contributed by atoms with Crippen LogP contribution < -0.4 is 0 Å². The average Bonchev–Trinajstić information content (AvgIpc) is 2.61. The molecule has 0 aliphatic carbocycles. The molecule has 0 bridgehead atoms. The van der Waals surface area contributed by atoms with Gasteiger partial charge in [0.1, 0.15) is 0 Å². The maximum atomic E-state index is 11.7. The minimum absolute atomic E-state index is 0.0274. The zero-order valence-corrected chi connectivity index (χ0v) is 17.8. The van der Waals surface area contributed by atoms with E-state index in [1.807, 2.05) is 20.8 Å². The first-order valence-electron chi connectivity index (χ1n) is 11.3. The van der Waals surface area contributed by atoms with Gasteiger partial charge < -0.3 is 4.74 Å². The SMILES string of the molecule is CCCCCCCCCCCCCCCCC(C)OC(=O)C(C)CC. The van der Waals surface area contributed by atoms with Crippen LogP contribution >= 0.6 is 0 Å². The van der Waals surface area contributed by atoms with E-state index in [0.717, 1.165) is 12.8 Å². The molecule has 0 N–H and O–H groups in total. The number of rotatable bonds is 18. The van der Waals surface area contributed by atoms with E-state index >= 15 is 0 Å². The molecule has 0 aromatic rings. The van der Waals surface area contributed by atoms with E-state index in [9.17, 15) is 4.79 Å². The molecule has 0 fully saturated rings. The summed E-state index contributed by atoms with van der Waals surface area (Å²) in [5.74, 6) is 0.0131. The molecule has 0 rings (SSSR count). The quantitative estimate of drug-likeness (QED) is 0.185. The van der Waals surface area contributed by atoms with Gasteiger partial charge in [-0.05, 0) is 26.2 Å². The molecular formula is C23H46O2. The van der Waals surface area contributed by atoms with Crippen molar-refractivity contribution in [1.82, 2.24) is 0 Å². The van der Waals surface area contributed by atoms with Crippen molar-refractivity contribution in [3.05, 3.63) is 0 Å². The molecule has 0 aromatic carbocycles. The van der Waals surface area contributed by atoms with Crippen LogP contribution in [0.4, 0.5) is 0 Å². The normalized spacial score (nSPS) is 13.6. The van der Waals surface area contributed by atoms with Gasteiger partial charge in [-0.15, -0.1) is 0 Å². The highest BCUT2D eigenvalue weighted by Crippen LogP contribution is 2.15. The zero-order chi connectivity index (χ0) is 18.8. The third kappa shape index (κ3) is 16.7. The number of hydrogen-bond donors (Lipinski definition) is 0. The maximum absolute atomic E-state index is 11.7. The van der Waals surface area contributed by atoms with Crippen LogP contribution in [0.1, 0.15) is 130 Å². The summed E-state index contributed by atoms with van der Waals surface area (Å²) in [6.07, 6.45) is 21.3. The lowest BCUT2D eigenvalue weighted by atomic mass is 10.0. The molecule has 0 spiro atoms. The average molecular weight is 355 g/mol. The van der Waals surface area contributed by atoms with Gasteiger partial charge in [-0.1, -0.05) is 104 Å². The Morgan fingerprint density at radius 2 is 1.08 bits per heavy atom. The lowest BCUT2D eigenvalue weighted by Gasteiger charge is -2.15. The van der Waals surface area contributed by atoms with E-state index in [-0.39, 0.29) is 18.0 Å². The number of unbranched alkanes of at least 4 members (excludes halogenated alkanes) is 13. The Hall–Kier alpha value is -0.530. The van der Waals surface area contributed by atoms with Crippen molar-refractivity contribution in [1.29, 1.82) is 0 Å². The summed E-state index contributed by atoms with van der Waals surface area (Å²) in [6, 6.07) is 0. The summed E-state index contributed by atoms with van der Waals surface area (Å²) in [5.41, 5.74) is 0. The van der Waals surface area contributed by atoms with E-state index in [1.54, 1.807) is 0 Å². The standard InChI is InChI=1S/C23H46O2/c1-5-7-8-9-10-11-12-13-14-15-16-17-18-19-20-22(4)25-23(24)21(3)6-2/h21-22H,5-20H2,1-4H3. The topological polar surface area (TPSA) is 26.3 Å². The van der Waals surface area contributed by atoms with Crippen LogP contribution in [0.2, 0.25) is 0 Å². The second-order valence-corrected chi connectivity index (χ2v) is 7.94. The van der Waals surface area contributed by atoms with Gasteiger partial charge in [0.15, 0.2) is 0 Å². The summed E-state index contributed by atoms with van der Waals surface area (Å²) in [5, 5.41) is 0. The Morgan fingerprint density at radius 3 is 1.48 bits per heavy atom. The summed E-state index contributed by atoms with van der Waals surface area (Å²) < 4.78 is 5.48. The van der Waals surface area contributed by atoms with Crippen LogP contribution in [0.5, 0.6) is 0 Å². The Kier molecular flexibility index (Phi) is 17.9. The van der Waals surface area contributed by atoms with Crippen LogP contribution in [0.15, 0.2) is 0 Å². The fraction of sp³-hybridized carbons (Fsp3) is 0.957. The first-order valence-corrected chi connectivity index (χ1v) is 11.3. The van der Waals surface area contributed by atoms with E-state index in [0.29, 0.717) is 0 Å². The van der Waals surface area contributed by atoms with Gasteiger partial charge in [-0.25, -0.2) is 0 Å². The molecule has 0 saturated heterocycles. The van der Waals surface area contributed by atoms with E-state index < -0.39 is 0 Å². The van der Waals surface area contributed by atoms with Crippen LogP contribution in [-0.4, -0.2) is 12.1 Å². The van der Waals surface area contributed by atoms with Gasteiger partial charge in [0.25, 0.3) is 0 Å². The van der Waals surface area contributed by atoms with Crippen molar-refractivity contribution in [2.45, 2.75) is 137 Å². The van der Waals surface area contributed by atoms with Crippen LogP contribution in [0.25, 0.3) is 0 Å². The van der Waals surface area contributed by atoms with Crippen LogP contribution in [0.3, 0.4) is 0 Å². The minimum Gasteiger partial charge on any atom is -0.462 e. The van der Waals surface area contributed by atoms with Gasteiger partial charge in [0, 0.05) is 0 Å². The molecule has 2 nitrogen and oxygen atoms in total. The molecule has 0 aliphatic heterocycles. The van der Waals surface area contributed by atoms with Gasteiger partial charge in [-0.2, -0.15) is 0 Å². The lowest BCUT2D eigenvalue weighted by Crippen LogP contribution is -2.20. The number of ether oxygens (including phenoxy) is 1.